The maximum absolute atomic E-state index is 11.5. The van der Waals surface area contributed by atoms with Crippen LogP contribution in [-0.4, -0.2) is 11.5 Å². The van der Waals surface area contributed by atoms with Crippen molar-refractivity contribution in [1.29, 1.82) is 0 Å². The van der Waals surface area contributed by atoms with E-state index in [0.717, 1.165) is 19.3 Å². The van der Waals surface area contributed by atoms with Crippen LogP contribution < -0.4 is 5.43 Å². The molecule has 3 nitrogen and oxygen atoms in total. The largest absolute Gasteiger partial charge is 0.293 e. The third-order valence-corrected chi connectivity index (χ3v) is 3.47. The van der Waals surface area contributed by atoms with Crippen molar-refractivity contribution in [1.82, 2.24) is 0 Å². The Balaban J connectivity index is 2.13. The first-order chi connectivity index (χ1) is 8.18. The minimum Gasteiger partial charge on any atom is -0.293 e. The third-order valence-electron chi connectivity index (χ3n) is 2.65. The van der Waals surface area contributed by atoms with Crippen molar-refractivity contribution in [2.24, 2.45) is 5.10 Å². The van der Waals surface area contributed by atoms with Gasteiger partial charge in [0.1, 0.15) is 5.71 Å². The highest BCUT2D eigenvalue weighted by atomic mass is 35.5. The number of rotatable bonds is 2. The Hall–Kier alpha value is -1.06. The Labute approximate surface area is 110 Å². The lowest BCUT2D eigenvalue weighted by atomic mass is 9.97. The lowest BCUT2D eigenvalue weighted by molar-refractivity contribution is -0.113. The molecule has 1 aliphatic rings. The molecule has 0 atom stereocenters. The summed E-state index contributed by atoms with van der Waals surface area (Å²) in [5, 5.41) is 4.99. The summed E-state index contributed by atoms with van der Waals surface area (Å²) in [6, 6.07) is 5.25. The van der Waals surface area contributed by atoms with E-state index in [2.05, 4.69) is 10.5 Å². The normalized spacial score (nSPS) is 18.5. The van der Waals surface area contributed by atoms with Gasteiger partial charge in [-0.15, -0.1) is 0 Å². The van der Waals surface area contributed by atoms with Crippen molar-refractivity contribution in [2.45, 2.75) is 25.7 Å². The maximum atomic E-state index is 11.5. The number of ketones is 1. The summed E-state index contributed by atoms with van der Waals surface area (Å²) in [5.41, 5.74) is 4.01. The van der Waals surface area contributed by atoms with Gasteiger partial charge in [-0.2, -0.15) is 5.10 Å². The van der Waals surface area contributed by atoms with E-state index in [4.69, 9.17) is 23.2 Å². The molecule has 2 rings (SSSR count). The Kier molecular flexibility index (Phi) is 4.02. The Morgan fingerprint density at radius 2 is 1.94 bits per heavy atom. The van der Waals surface area contributed by atoms with Gasteiger partial charge in [-0.25, -0.2) is 0 Å². The van der Waals surface area contributed by atoms with Crippen LogP contribution in [0.15, 0.2) is 23.3 Å². The maximum Gasteiger partial charge on any atom is 0.178 e. The summed E-state index contributed by atoms with van der Waals surface area (Å²) in [5.74, 6) is 0.113. The predicted molar refractivity (Wildman–Crippen MR) is 71.0 cm³/mol. The summed E-state index contributed by atoms with van der Waals surface area (Å²) in [6.07, 6.45) is 3.28. The van der Waals surface area contributed by atoms with Gasteiger partial charge in [0.15, 0.2) is 5.78 Å². The number of nitrogens with zero attached hydrogens (tertiary/aromatic N) is 1. The van der Waals surface area contributed by atoms with E-state index in [0.29, 0.717) is 27.9 Å². The molecule has 1 fully saturated rings. The number of carbonyl (C=O) groups excluding carboxylic acids is 1. The van der Waals surface area contributed by atoms with Crippen molar-refractivity contribution in [3.63, 3.8) is 0 Å². The topological polar surface area (TPSA) is 41.5 Å². The van der Waals surface area contributed by atoms with Gasteiger partial charge < -0.3 is 0 Å². The molecule has 5 heteroatoms. The van der Waals surface area contributed by atoms with E-state index < -0.39 is 0 Å². The second-order valence-electron chi connectivity index (χ2n) is 3.90. The van der Waals surface area contributed by atoms with Crippen LogP contribution in [0.2, 0.25) is 10.0 Å². The molecule has 1 aromatic carbocycles. The molecule has 17 heavy (non-hydrogen) atoms. The van der Waals surface area contributed by atoms with Crippen molar-refractivity contribution < 1.29 is 4.79 Å². The highest BCUT2D eigenvalue weighted by Gasteiger charge is 2.16. The number of benzene rings is 1. The number of hydrogen-bond acceptors (Lipinski definition) is 3. The molecule has 1 aliphatic carbocycles. The second kappa shape index (κ2) is 5.52. The minimum absolute atomic E-state index is 0.113. The molecular formula is C12H12Cl2N2O. The van der Waals surface area contributed by atoms with Crippen molar-refractivity contribution >= 4 is 40.4 Å². The standard InChI is InChI=1S/C12H12Cl2N2O/c13-8-4-3-6-10(12(8)14)16-15-9-5-1-2-7-11(9)17/h3-4,6,16H,1-2,5,7H2/b15-9-. The quantitative estimate of drug-likeness (QED) is 0.828. The monoisotopic (exact) mass is 270 g/mol. The molecule has 0 aliphatic heterocycles. The molecule has 0 spiro atoms. The Morgan fingerprint density at radius 1 is 1.18 bits per heavy atom. The Morgan fingerprint density at radius 3 is 2.71 bits per heavy atom. The van der Waals surface area contributed by atoms with Crippen molar-refractivity contribution in [2.75, 3.05) is 5.43 Å². The molecule has 1 N–H and O–H groups in total. The highest BCUT2D eigenvalue weighted by Crippen LogP contribution is 2.29. The van der Waals surface area contributed by atoms with Crippen LogP contribution in [0.4, 0.5) is 5.69 Å². The van der Waals surface area contributed by atoms with Crippen LogP contribution in [0.25, 0.3) is 0 Å². The van der Waals surface area contributed by atoms with Gasteiger partial charge >= 0.3 is 0 Å². The lowest BCUT2D eigenvalue weighted by Crippen LogP contribution is -2.19. The summed E-state index contributed by atoms with van der Waals surface area (Å²) < 4.78 is 0. The molecule has 0 radical (unpaired) electrons. The molecule has 0 unspecified atom stereocenters. The number of Topliss-reactive ketones (excluding diaryl/α,β-unsaturated/α-hetero) is 1. The van der Waals surface area contributed by atoms with Crippen molar-refractivity contribution in [3.8, 4) is 0 Å². The van der Waals surface area contributed by atoms with Crippen molar-refractivity contribution in [3.05, 3.63) is 28.2 Å². The first kappa shape index (κ1) is 12.4. The highest BCUT2D eigenvalue weighted by molar-refractivity contribution is 6.44. The number of hydrazone groups is 1. The van der Waals surface area contributed by atoms with E-state index >= 15 is 0 Å². The van der Waals surface area contributed by atoms with E-state index in [1.165, 1.54) is 0 Å². The molecule has 0 aromatic heterocycles. The molecule has 0 heterocycles. The molecule has 90 valence electrons. The van der Waals surface area contributed by atoms with E-state index in [9.17, 15) is 4.79 Å². The summed E-state index contributed by atoms with van der Waals surface area (Å²) >= 11 is 11.9. The van der Waals surface area contributed by atoms with Gasteiger partial charge in [0.25, 0.3) is 0 Å². The number of nitrogens with one attached hydrogen (secondary N) is 1. The van der Waals surface area contributed by atoms with E-state index in [1.54, 1.807) is 18.2 Å². The van der Waals surface area contributed by atoms with Crippen LogP contribution in [0.3, 0.4) is 0 Å². The van der Waals surface area contributed by atoms with E-state index in [-0.39, 0.29) is 5.78 Å². The first-order valence-corrected chi connectivity index (χ1v) is 6.24. The van der Waals surface area contributed by atoms with E-state index in [1.807, 2.05) is 0 Å². The van der Waals surface area contributed by atoms with Gasteiger partial charge in [-0.1, -0.05) is 29.3 Å². The third kappa shape index (κ3) is 2.99. The van der Waals surface area contributed by atoms with Crippen LogP contribution in [-0.2, 0) is 4.79 Å². The van der Waals surface area contributed by atoms with Crippen LogP contribution in [0.1, 0.15) is 25.7 Å². The molecule has 0 saturated heterocycles. The second-order valence-corrected chi connectivity index (χ2v) is 4.69. The minimum atomic E-state index is 0.113. The predicted octanol–water partition coefficient (Wildman–Crippen LogP) is 3.90. The van der Waals surface area contributed by atoms with Crippen LogP contribution in [0, 0.1) is 0 Å². The average molecular weight is 271 g/mol. The summed E-state index contributed by atoms with van der Waals surface area (Å²) in [7, 11) is 0. The van der Waals surface area contributed by atoms with Crippen LogP contribution in [0.5, 0.6) is 0 Å². The Bertz CT molecular complexity index is 472. The fraction of sp³-hybridized carbons (Fsp3) is 0.333. The first-order valence-electron chi connectivity index (χ1n) is 5.48. The van der Waals surface area contributed by atoms with Gasteiger partial charge in [0.2, 0.25) is 0 Å². The van der Waals surface area contributed by atoms with Gasteiger partial charge in [-0.3, -0.25) is 10.2 Å². The lowest BCUT2D eigenvalue weighted by Gasteiger charge is -2.12. The number of hydrogen-bond donors (Lipinski definition) is 1. The summed E-state index contributed by atoms with van der Waals surface area (Å²) in [6.45, 7) is 0. The molecule has 0 bridgehead atoms. The SMILES string of the molecule is O=C1CCCC/C1=N/Nc1cccc(Cl)c1Cl. The van der Waals surface area contributed by atoms with Crippen LogP contribution >= 0.6 is 23.2 Å². The molecule has 1 aromatic rings. The fourth-order valence-corrected chi connectivity index (χ4v) is 2.04. The number of halogens is 2. The smallest absolute Gasteiger partial charge is 0.178 e. The number of anilines is 1. The number of carbonyl (C=O) groups is 1. The fourth-order valence-electron chi connectivity index (χ4n) is 1.70. The molecule has 0 amide bonds. The van der Waals surface area contributed by atoms with Gasteiger partial charge in [-0.05, 0) is 31.4 Å². The molecule has 1 saturated carbocycles. The summed E-state index contributed by atoms with van der Waals surface area (Å²) in [4.78, 5) is 11.5. The van der Waals surface area contributed by atoms with Gasteiger partial charge in [0, 0.05) is 6.42 Å². The zero-order valence-electron chi connectivity index (χ0n) is 9.17. The van der Waals surface area contributed by atoms with Gasteiger partial charge in [0.05, 0.1) is 15.7 Å². The average Bonchev–Trinajstić information content (AvgIpc) is 2.33. The molecular weight excluding hydrogens is 259 g/mol. The zero-order valence-corrected chi connectivity index (χ0v) is 10.7. The zero-order chi connectivity index (χ0) is 12.3.